The number of hydrazine groups is 1. The van der Waals surface area contributed by atoms with Crippen LogP contribution >= 0.6 is 0 Å². The number of phenols is 1. The molecule has 8 nitrogen and oxygen atoms in total. The molecule has 2 heterocycles. The van der Waals surface area contributed by atoms with E-state index >= 15 is 0 Å². The highest BCUT2D eigenvalue weighted by Crippen LogP contribution is 2.49. The van der Waals surface area contributed by atoms with Crippen molar-refractivity contribution in [3.8, 4) is 11.5 Å². The van der Waals surface area contributed by atoms with Crippen molar-refractivity contribution in [3.63, 3.8) is 0 Å². The number of esters is 1. The summed E-state index contributed by atoms with van der Waals surface area (Å²) in [4.78, 5) is 27.6. The molecule has 4 atom stereocenters. The van der Waals surface area contributed by atoms with Gasteiger partial charge in [-0.25, -0.2) is 15.6 Å². The molecule has 3 aromatic carbocycles. The highest BCUT2D eigenvalue weighted by atomic mass is 16.5. The van der Waals surface area contributed by atoms with Gasteiger partial charge in [0.2, 0.25) is 5.91 Å². The topological polar surface area (TPSA) is 100 Å². The zero-order chi connectivity index (χ0) is 24.5. The van der Waals surface area contributed by atoms with E-state index in [0.29, 0.717) is 17.9 Å². The van der Waals surface area contributed by atoms with E-state index < -0.39 is 12.0 Å². The summed E-state index contributed by atoms with van der Waals surface area (Å²) in [5.74, 6) is 0.321. The van der Waals surface area contributed by atoms with Gasteiger partial charge in [0.15, 0.2) is 0 Å². The lowest BCUT2D eigenvalue weighted by Crippen LogP contribution is -2.41. The largest absolute Gasteiger partial charge is 0.508 e. The summed E-state index contributed by atoms with van der Waals surface area (Å²) in [5, 5.41) is 9.87. The van der Waals surface area contributed by atoms with Gasteiger partial charge in [0.05, 0.1) is 31.4 Å². The Balaban J connectivity index is 1.55. The van der Waals surface area contributed by atoms with E-state index in [1.165, 1.54) is 0 Å². The van der Waals surface area contributed by atoms with Crippen LogP contribution in [-0.2, 0) is 9.53 Å². The average molecular weight is 474 g/mol. The normalized spacial score (nSPS) is 23.3. The lowest BCUT2D eigenvalue weighted by atomic mass is 9.83. The van der Waals surface area contributed by atoms with Crippen LogP contribution in [-0.4, -0.2) is 36.7 Å². The Bertz CT molecular complexity index is 1210. The van der Waals surface area contributed by atoms with Crippen molar-refractivity contribution in [2.45, 2.75) is 25.0 Å². The number of anilines is 1. The smallest absolute Gasteiger partial charge is 0.338 e. The van der Waals surface area contributed by atoms with Gasteiger partial charge in [-0.2, -0.15) is 0 Å². The molecule has 0 spiro atoms. The number of methoxy groups -OCH3 is 1. The molecule has 35 heavy (non-hydrogen) atoms. The number of phenolic OH excluding ortho intramolecular Hbond substituents is 1. The van der Waals surface area contributed by atoms with E-state index in [9.17, 15) is 14.7 Å². The van der Waals surface area contributed by atoms with E-state index in [-0.39, 0.29) is 29.7 Å². The van der Waals surface area contributed by atoms with Crippen LogP contribution in [0, 0.1) is 5.92 Å². The SMILES string of the molecule is CCOC(=O)c1ccc(N2C(=O)C3NNC(c4ccc(OC)cc4)C3C2c2ccc(O)cc2)cc1. The number of aromatic hydroxyl groups is 1. The first-order chi connectivity index (χ1) is 17.0. The van der Waals surface area contributed by atoms with E-state index in [2.05, 4.69) is 10.9 Å². The second kappa shape index (κ2) is 9.40. The Morgan fingerprint density at radius 1 is 0.914 bits per heavy atom. The van der Waals surface area contributed by atoms with E-state index in [1.54, 1.807) is 55.3 Å². The van der Waals surface area contributed by atoms with Crippen molar-refractivity contribution in [1.82, 2.24) is 10.9 Å². The minimum Gasteiger partial charge on any atom is -0.508 e. The molecule has 5 rings (SSSR count). The molecule has 0 saturated carbocycles. The van der Waals surface area contributed by atoms with Crippen LogP contribution in [0.2, 0.25) is 0 Å². The van der Waals surface area contributed by atoms with Gasteiger partial charge in [0.1, 0.15) is 17.5 Å². The summed E-state index contributed by atoms with van der Waals surface area (Å²) in [6.07, 6.45) is 0. The molecule has 1 amide bonds. The van der Waals surface area contributed by atoms with Crippen molar-refractivity contribution in [1.29, 1.82) is 0 Å². The number of amides is 1. The predicted octanol–water partition coefficient (Wildman–Crippen LogP) is 3.50. The molecule has 4 unspecified atom stereocenters. The summed E-state index contributed by atoms with van der Waals surface area (Å²) < 4.78 is 10.4. The quantitative estimate of drug-likeness (QED) is 0.471. The number of rotatable bonds is 6. The fourth-order valence-electron chi connectivity index (χ4n) is 5.03. The Hall–Kier alpha value is -3.88. The van der Waals surface area contributed by atoms with Crippen molar-refractivity contribution in [2.24, 2.45) is 5.92 Å². The second-order valence-electron chi connectivity index (χ2n) is 8.61. The number of ether oxygens (including phenoxy) is 2. The Morgan fingerprint density at radius 2 is 1.54 bits per heavy atom. The minimum atomic E-state index is -0.453. The number of fused-ring (bicyclic) bond motifs is 1. The number of nitrogens with one attached hydrogen (secondary N) is 2. The van der Waals surface area contributed by atoms with E-state index in [4.69, 9.17) is 9.47 Å². The van der Waals surface area contributed by atoms with Crippen molar-refractivity contribution >= 4 is 17.6 Å². The van der Waals surface area contributed by atoms with Gasteiger partial charge in [0.25, 0.3) is 0 Å². The lowest BCUT2D eigenvalue weighted by molar-refractivity contribution is -0.119. The molecule has 3 aromatic rings. The van der Waals surface area contributed by atoms with Crippen LogP contribution in [0.3, 0.4) is 0 Å². The first kappa shape index (κ1) is 22.9. The van der Waals surface area contributed by atoms with Crippen LogP contribution in [0.1, 0.15) is 40.5 Å². The molecule has 2 fully saturated rings. The maximum absolute atomic E-state index is 13.7. The molecule has 0 aliphatic carbocycles. The maximum atomic E-state index is 13.7. The number of hydrogen-bond acceptors (Lipinski definition) is 7. The molecule has 180 valence electrons. The minimum absolute atomic E-state index is 0.0690. The zero-order valence-corrected chi connectivity index (χ0v) is 19.5. The van der Waals surface area contributed by atoms with E-state index in [1.807, 2.05) is 36.4 Å². The predicted molar refractivity (Wildman–Crippen MR) is 130 cm³/mol. The third-order valence-electron chi connectivity index (χ3n) is 6.68. The summed E-state index contributed by atoms with van der Waals surface area (Å²) in [6, 6.07) is 20.8. The summed E-state index contributed by atoms with van der Waals surface area (Å²) in [6.45, 7) is 2.05. The molecule has 2 aliphatic heterocycles. The third kappa shape index (κ3) is 4.11. The highest BCUT2D eigenvalue weighted by Gasteiger charge is 2.56. The number of hydrogen-bond donors (Lipinski definition) is 3. The molecule has 0 radical (unpaired) electrons. The monoisotopic (exact) mass is 473 g/mol. The van der Waals surface area contributed by atoms with Crippen LogP contribution < -0.4 is 20.5 Å². The van der Waals surface area contributed by atoms with Gasteiger partial charge in [-0.3, -0.25) is 4.79 Å². The van der Waals surface area contributed by atoms with Gasteiger partial charge < -0.3 is 19.5 Å². The number of carbonyl (C=O) groups excluding carboxylic acids is 2. The van der Waals surface area contributed by atoms with E-state index in [0.717, 1.165) is 16.9 Å². The Labute approximate surface area is 203 Å². The van der Waals surface area contributed by atoms with Gasteiger partial charge >= 0.3 is 5.97 Å². The van der Waals surface area contributed by atoms with Crippen LogP contribution in [0.4, 0.5) is 5.69 Å². The molecule has 2 aliphatic rings. The molecule has 2 saturated heterocycles. The summed E-state index contributed by atoms with van der Waals surface area (Å²) in [5.41, 5.74) is 9.57. The van der Waals surface area contributed by atoms with Crippen LogP contribution in [0.5, 0.6) is 11.5 Å². The summed E-state index contributed by atoms with van der Waals surface area (Å²) in [7, 11) is 1.63. The van der Waals surface area contributed by atoms with Crippen molar-refractivity contribution in [2.75, 3.05) is 18.6 Å². The fraction of sp³-hybridized carbons (Fsp3) is 0.259. The Morgan fingerprint density at radius 3 is 2.17 bits per heavy atom. The first-order valence-corrected chi connectivity index (χ1v) is 11.6. The molecular weight excluding hydrogens is 446 g/mol. The fourth-order valence-corrected chi connectivity index (χ4v) is 5.03. The number of nitrogens with zero attached hydrogens (tertiary/aromatic N) is 1. The molecular formula is C27H27N3O5. The van der Waals surface area contributed by atoms with Gasteiger partial charge in [0, 0.05) is 11.6 Å². The third-order valence-corrected chi connectivity index (χ3v) is 6.68. The van der Waals surface area contributed by atoms with Crippen LogP contribution in [0.25, 0.3) is 0 Å². The van der Waals surface area contributed by atoms with Crippen LogP contribution in [0.15, 0.2) is 72.8 Å². The van der Waals surface area contributed by atoms with Crippen molar-refractivity contribution in [3.05, 3.63) is 89.5 Å². The zero-order valence-electron chi connectivity index (χ0n) is 19.5. The van der Waals surface area contributed by atoms with Gasteiger partial charge in [-0.05, 0) is 66.6 Å². The molecule has 0 bridgehead atoms. The van der Waals surface area contributed by atoms with Crippen molar-refractivity contribution < 1.29 is 24.2 Å². The van der Waals surface area contributed by atoms with Gasteiger partial charge in [-0.1, -0.05) is 24.3 Å². The Kier molecular flexibility index (Phi) is 6.15. The molecule has 0 aromatic heterocycles. The molecule has 3 N–H and O–H groups in total. The average Bonchev–Trinajstić information content (AvgIpc) is 3.44. The highest BCUT2D eigenvalue weighted by molar-refractivity contribution is 6.02. The second-order valence-corrected chi connectivity index (χ2v) is 8.61. The standard InChI is InChI=1S/C27H27N3O5/c1-3-35-27(33)18-4-10-19(11-5-18)30-25(17-6-12-20(31)13-7-17)22-23(28-29-24(22)26(30)32)16-8-14-21(34-2)15-9-16/h4-15,22-25,28-29,31H,3H2,1-2H3. The maximum Gasteiger partial charge on any atom is 0.338 e. The van der Waals surface area contributed by atoms with Gasteiger partial charge in [-0.15, -0.1) is 0 Å². The summed E-state index contributed by atoms with van der Waals surface area (Å²) >= 11 is 0. The molecule has 8 heteroatoms. The number of carbonyl (C=O) groups is 2. The first-order valence-electron chi connectivity index (χ1n) is 11.6. The number of benzene rings is 3. The lowest BCUT2D eigenvalue weighted by Gasteiger charge is -2.31.